The van der Waals surface area contributed by atoms with E-state index in [0.29, 0.717) is 22.3 Å². The predicted octanol–water partition coefficient (Wildman–Crippen LogP) is 4.28. The molecule has 0 aliphatic rings. The summed E-state index contributed by atoms with van der Waals surface area (Å²) >= 11 is 8.95. The summed E-state index contributed by atoms with van der Waals surface area (Å²) in [5, 5.41) is -0.573. The van der Waals surface area contributed by atoms with Crippen LogP contribution in [0.2, 0.25) is 0 Å². The number of halogens is 2. The lowest BCUT2D eigenvalue weighted by molar-refractivity contribution is 0.0601. The van der Waals surface area contributed by atoms with Gasteiger partial charge in [0.15, 0.2) is 0 Å². The van der Waals surface area contributed by atoms with E-state index in [1.807, 2.05) is 0 Å². The Hall–Kier alpha value is -1.65. The summed E-state index contributed by atoms with van der Waals surface area (Å²) in [5.41, 5.74) is 1.91. The van der Waals surface area contributed by atoms with Gasteiger partial charge in [-0.2, -0.15) is 0 Å². The predicted molar refractivity (Wildman–Crippen MR) is 81.1 cm³/mol. The summed E-state index contributed by atoms with van der Waals surface area (Å²) in [7, 11) is 1.31. The molecule has 3 nitrogen and oxygen atoms in total. The summed E-state index contributed by atoms with van der Waals surface area (Å²) in [5.74, 6) is -0.468. The van der Waals surface area contributed by atoms with Gasteiger partial charge < -0.3 is 4.74 Å². The number of carbonyl (C=O) groups excluding carboxylic acids is 2. The maximum Gasteiger partial charge on any atom is 0.338 e. The molecule has 2 rings (SSSR count). The molecule has 0 heterocycles. The van der Waals surface area contributed by atoms with Gasteiger partial charge in [0.1, 0.15) is 0 Å². The Kier molecular flexibility index (Phi) is 4.57. The lowest BCUT2D eigenvalue weighted by Crippen LogP contribution is -2.05. The molecule has 102 valence electrons. The summed E-state index contributed by atoms with van der Waals surface area (Å²) in [4.78, 5) is 23.4. The van der Waals surface area contributed by atoms with Crippen LogP contribution in [-0.4, -0.2) is 18.3 Å². The number of methoxy groups -OCH3 is 1. The normalized spacial score (nSPS) is 10.2. The van der Waals surface area contributed by atoms with Gasteiger partial charge in [0, 0.05) is 10.0 Å². The van der Waals surface area contributed by atoms with E-state index < -0.39 is 11.2 Å². The Balaban J connectivity index is 2.72. The molecular weight excluding hydrogens is 344 g/mol. The Morgan fingerprint density at radius 1 is 1.05 bits per heavy atom. The fourth-order valence-electron chi connectivity index (χ4n) is 1.92. The van der Waals surface area contributed by atoms with Crippen LogP contribution in [0.1, 0.15) is 20.7 Å². The van der Waals surface area contributed by atoms with Gasteiger partial charge >= 0.3 is 5.97 Å². The molecule has 0 N–H and O–H groups in total. The van der Waals surface area contributed by atoms with E-state index in [-0.39, 0.29) is 0 Å². The largest absolute Gasteiger partial charge is 0.465 e. The number of carbonyl (C=O) groups is 2. The second-order valence-corrected chi connectivity index (χ2v) is 5.26. The smallest absolute Gasteiger partial charge is 0.338 e. The van der Waals surface area contributed by atoms with Crippen molar-refractivity contribution in [2.24, 2.45) is 0 Å². The second-order valence-electron chi connectivity index (χ2n) is 4.00. The number of ether oxygens (including phenoxy) is 1. The highest BCUT2D eigenvalue weighted by Crippen LogP contribution is 2.31. The maximum atomic E-state index is 11.8. The van der Waals surface area contributed by atoms with Gasteiger partial charge in [0.25, 0.3) is 5.24 Å². The zero-order valence-electron chi connectivity index (χ0n) is 10.5. The number of hydrogen-bond donors (Lipinski definition) is 0. The molecule has 0 spiro atoms. The molecule has 0 fully saturated rings. The zero-order chi connectivity index (χ0) is 14.7. The van der Waals surface area contributed by atoms with Crippen molar-refractivity contribution in [3.8, 4) is 11.1 Å². The Morgan fingerprint density at radius 2 is 1.75 bits per heavy atom. The third kappa shape index (κ3) is 2.92. The highest BCUT2D eigenvalue weighted by atomic mass is 79.9. The van der Waals surface area contributed by atoms with Gasteiger partial charge in [-0.1, -0.05) is 34.1 Å². The average molecular weight is 354 g/mol. The monoisotopic (exact) mass is 352 g/mol. The van der Waals surface area contributed by atoms with E-state index >= 15 is 0 Å². The van der Waals surface area contributed by atoms with Crippen LogP contribution >= 0.6 is 27.5 Å². The number of rotatable bonds is 3. The van der Waals surface area contributed by atoms with Crippen LogP contribution in [0.3, 0.4) is 0 Å². The van der Waals surface area contributed by atoms with Crippen LogP contribution < -0.4 is 0 Å². The first kappa shape index (κ1) is 14.8. The van der Waals surface area contributed by atoms with Gasteiger partial charge in [-0.25, -0.2) is 4.79 Å². The SMILES string of the molecule is COC(=O)c1ccc(Br)cc1-c1ccccc1C(=O)Cl. The van der Waals surface area contributed by atoms with Crippen LogP contribution in [-0.2, 0) is 4.74 Å². The lowest BCUT2D eigenvalue weighted by atomic mass is 9.96. The van der Waals surface area contributed by atoms with E-state index in [4.69, 9.17) is 16.3 Å². The number of benzene rings is 2. The molecule has 20 heavy (non-hydrogen) atoms. The van der Waals surface area contributed by atoms with Crippen molar-refractivity contribution in [3.63, 3.8) is 0 Å². The van der Waals surface area contributed by atoms with Crippen molar-refractivity contribution in [2.45, 2.75) is 0 Å². The minimum Gasteiger partial charge on any atom is -0.465 e. The van der Waals surface area contributed by atoms with Crippen LogP contribution in [0, 0.1) is 0 Å². The highest BCUT2D eigenvalue weighted by Gasteiger charge is 2.18. The molecule has 0 aromatic heterocycles. The Bertz CT molecular complexity index is 683. The molecule has 0 saturated heterocycles. The molecule has 0 aliphatic carbocycles. The minimum atomic E-state index is -0.573. The zero-order valence-corrected chi connectivity index (χ0v) is 12.9. The Labute approximate surface area is 129 Å². The molecule has 0 aliphatic heterocycles. The molecule has 5 heteroatoms. The van der Waals surface area contributed by atoms with Crippen molar-refractivity contribution in [1.29, 1.82) is 0 Å². The van der Waals surface area contributed by atoms with Gasteiger partial charge in [0.2, 0.25) is 0 Å². The standard InChI is InChI=1S/C15H10BrClO3/c1-20-15(19)12-7-6-9(16)8-13(12)10-4-2-3-5-11(10)14(17)18/h2-8H,1H3. The first-order valence-corrected chi connectivity index (χ1v) is 6.88. The fraction of sp³-hybridized carbons (Fsp3) is 0.0667. The molecule has 0 amide bonds. The molecule has 0 saturated carbocycles. The first-order valence-electron chi connectivity index (χ1n) is 5.71. The van der Waals surface area contributed by atoms with E-state index in [2.05, 4.69) is 15.9 Å². The summed E-state index contributed by atoms with van der Waals surface area (Å²) in [6, 6.07) is 12.0. The molecule has 2 aromatic carbocycles. The van der Waals surface area contributed by atoms with E-state index in [1.54, 1.807) is 42.5 Å². The summed E-state index contributed by atoms with van der Waals surface area (Å²) in [6.07, 6.45) is 0. The molecular formula is C15H10BrClO3. The molecule has 2 aromatic rings. The van der Waals surface area contributed by atoms with Crippen LogP contribution in [0.25, 0.3) is 11.1 Å². The molecule has 0 atom stereocenters. The second kappa shape index (κ2) is 6.20. The van der Waals surface area contributed by atoms with Crippen molar-refractivity contribution in [3.05, 3.63) is 58.1 Å². The topological polar surface area (TPSA) is 43.4 Å². The quantitative estimate of drug-likeness (QED) is 0.611. The molecule has 0 radical (unpaired) electrons. The van der Waals surface area contributed by atoms with E-state index in [0.717, 1.165) is 4.47 Å². The van der Waals surface area contributed by atoms with Crippen molar-refractivity contribution in [1.82, 2.24) is 0 Å². The Morgan fingerprint density at radius 3 is 2.40 bits per heavy atom. The highest BCUT2D eigenvalue weighted by molar-refractivity contribution is 9.10. The van der Waals surface area contributed by atoms with Gasteiger partial charge in [-0.05, 0) is 47.0 Å². The van der Waals surface area contributed by atoms with Gasteiger partial charge in [0.05, 0.1) is 12.7 Å². The third-order valence-electron chi connectivity index (χ3n) is 2.82. The number of hydrogen-bond acceptors (Lipinski definition) is 3. The van der Waals surface area contributed by atoms with Crippen LogP contribution in [0.5, 0.6) is 0 Å². The summed E-state index contributed by atoms with van der Waals surface area (Å²) < 4.78 is 5.56. The average Bonchev–Trinajstić information content (AvgIpc) is 2.46. The first-order chi connectivity index (χ1) is 9.54. The van der Waals surface area contributed by atoms with Crippen molar-refractivity contribution < 1.29 is 14.3 Å². The van der Waals surface area contributed by atoms with Gasteiger partial charge in [-0.3, -0.25) is 4.79 Å². The fourth-order valence-corrected chi connectivity index (χ4v) is 2.44. The van der Waals surface area contributed by atoms with Crippen molar-refractivity contribution >= 4 is 38.7 Å². The van der Waals surface area contributed by atoms with Crippen LogP contribution in [0.15, 0.2) is 46.9 Å². The van der Waals surface area contributed by atoms with E-state index in [9.17, 15) is 9.59 Å². The third-order valence-corrected chi connectivity index (χ3v) is 3.51. The van der Waals surface area contributed by atoms with Gasteiger partial charge in [-0.15, -0.1) is 0 Å². The minimum absolute atomic E-state index is 0.345. The maximum absolute atomic E-state index is 11.8. The summed E-state index contributed by atoms with van der Waals surface area (Å²) in [6.45, 7) is 0. The molecule has 0 bridgehead atoms. The van der Waals surface area contributed by atoms with E-state index in [1.165, 1.54) is 7.11 Å². The van der Waals surface area contributed by atoms with Crippen molar-refractivity contribution in [2.75, 3.05) is 7.11 Å². The lowest BCUT2D eigenvalue weighted by Gasteiger charge is -2.11. The van der Waals surface area contributed by atoms with Crippen LogP contribution in [0.4, 0.5) is 0 Å². The molecule has 0 unspecified atom stereocenters. The number of esters is 1.